The number of aromatic nitrogens is 3. The van der Waals surface area contributed by atoms with E-state index < -0.39 is 29.9 Å². The molecule has 0 spiro atoms. The molecule has 6 aliphatic carbocycles. The summed E-state index contributed by atoms with van der Waals surface area (Å²) in [6, 6.07) is 12.1. The minimum absolute atomic E-state index is 0.0102. The molecule has 1 unspecified atom stereocenters. The SMILES string of the molecule is O=C(C[C@H]1CCCN(c2ccc(C(=O)NC3CCCCC3)c(SC3CCCCC3)n2)C1)OC(=O)C(OC(=O)C[C@@H]1CCN(c2ccc(C(=O)NC3CCCCC3)c(SC3CCCC3)n2)C1)[C@H]1CCCN(c2ccc(C(=O)NC3CCCCC3)c(SC3CCCC3)n2)C1. The van der Waals surface area contributed by atoms with Crippen LogP contribution < -0.4 is 30.7 Å². The van der Waals surface area contributed by atoms with E-state index in [1.807, 2.05) is 36.4 Å². The molecule has 17 nitrogen and oxygen atoms in total. The van der Waals surface area contributed by atoms with Crippen molar-refractivity contribution in [3.8, 4) is 0 Å². The Morgan fingerprint density at radius 2 is 0.761 bits per heavy atom. The van der Waals surface area contributed by atoms with Crippen LogP contribution in [0.5, 0.6) is 0 Å². The number of ether oxygens (including phenoxy) is 2. The Bertz CT molecular complexity index is 3010. The third-order valence-electron chi connectivity index (χ3n) is 21.4. The van der Waals surface area contributed by atoms with Crippen molar-refractivity contribution in [1.29, 1.82) is 0 Å². The fourth-order valence-electron chi connectivity index (χ4n) is 16.1. The summed E-state index contributed by atoms with van der Waals surface area (Å²) in [5, 5.41) is 13.5. The van der Waals surface area contributed by atoms with Crippen LogP contribution in [0.15, 0.2) is 51.5 Å². The van der Waals surface area contributed by atoms with Gasteiger partial charge in [-0.05, 0) is 157 Å². The Morgan fingerprint density at radius 1 is 0.402 bits per heavy atom. The number of anilines is 3. The average molecular weight is 1320 g/mol. The van der Waals surface area contributed by atoms with Gasteiger partial charge in [0.15, 0.2) is 0 Å². The molecule has 3 amide bonds. The van der Waals surface area contributed by atoms with Gasteiger partial charge in [0, 0.05) is 79.1 Å². The van der Waals surface area contributed by atoms with E-state index in [4.69, 9.17) is 24.4 Å². The zero-order chi connectivity index (χ0) is 63.2. The second-order valence-electron chi connectivity index (χ2n) is 28.4. The van der Waals surface area contributed by atoms with Crippen molar-refractivity contribution in [2.75, 3.05) is 54.0 Å². The highest BCUT2D eigenvalue weighted by atomic mass is 32.2. The zero-order valence-corrected chi connectivity index (χ0v) is 56.9. The molecular formula is C72H101N9O8S3. The van der Waals surface area contributed by atoms with Gasteiger partial charge in [0.1, 0.15) is 32.5 Å². The lowest BCUT2D eigenvalue weighted by Gasteiger charge is -2.36. The summed E-state index contributed by atoms with van der Waals surface area (Å²) in [5.41, 5.74) is 1.87. The predicted octanol–water partition coefficient (Wildman–Crippen LogP) is 14.0. The lowest BCUT2D eigenvalue weighted by molar-refractivity contribution is -0.178. The fraction of sp³-hybridized carbons (Fsp3) is 0.708. The number of hydrogen-bond donors (Lipinski definition) is 3. The maximum absolute atomic E-state index is 14.8. The molecule has 3 aromatic rings. The van der Waals surface area contributed by atoms with Gasteiger partial charge in [-0.2, -0.15) is 0 Å². The van der Waals surface area contributed by atoms with Gasteiger partial charge in [0.05, 0.1) is 29.5 Å². The van der Waals surface area contributed by atoms with E-state index in [1.54, 1.807) is 35.3 Å². The molecule has 20 heteroatoms. The highest BCUT2D eigenvalue weighted by molar-refractivity contribution is 8.00. The van der Waals surface area contributed by atoms with E-state index in [2.05, 4.69) is 30.7 Å². The molecule has 0 bridgehead atoms. The predicted molar refractivity (Wildman–Crippen MR) is 365 cm³/mol. The van der Waals surface area contributed by atoms with E-state index in [1.165, 1.54) is 51.4 Å². The van der Waals surface area contributed by atoms with Gasteiger partial charge >= 0.3 is 17.9 Å². The van der Waals surface area contributed by atoms with Crippen molar-refractivity contribution in [3.63, 3.8) is 0 Å². The summed E-state index contributed by atoms with van der Waals surface area (Å²) in [4.78, 5) is 107. The highest BCUT2D eigenvalue weighted by Crippen LogP contribution is 2.41. The Morgan fingerprint density at radius 3 is 1.20 bits per heavy atom. The maximum atomic E-state index is 14.8. The molecular weight excluding hydrogens is 1220 g/mol. The normalized spacial score (nSPS) is 23.9. The van der Waals surface area contributed by atoms with Gasteiger partial charge in [-0.1, -0.05) is 103 Å². The van der Waals surface area contributed by atoms with Crippen LogP contribution in [0, 0.1) is 17.8 Å². The Labute approximate surface area is 558 Å². The van der Waals surface area contributed by atoms with Crippen LogP contribution in [0.25, 0.3) is 0 Å². The number of esters is 3. The van der Waals surface area contributed by atoms with Crippen LogP contribution >= 0.6 is 35.3 Å². The molecule has 500 valence electrons. The molecule has 0 aromatic carbocycles. The number of nitrogens with zero attached hydrogens (tertiary/aromatic N) is 6. The number of rotatable bonds is 22. The maximum Gasteiger partial charge on any atom is 0.355 e. The van der Waals surface area contributed by atoms with Gasteiger partial charge < -0.3 is 40.1 Å². The smallest absolute Gasteiger partial charge is 0.355 e. The van der Waals surface area contributed by atoms with Gasteiger partial charge in [-0.15, -0.1) is 35.3 Å². The number of thioether (sulfide) groups is 3. The molecule has 3 aromatic heterocycles. The summed E-state index contributed by atoms with van der Waals surface area (Å²) in [6.45, 7) is 3.52. The number of carbonyl (C=O) groups excluding carboxylic acids is 6. The number of nitrogens with one attached hydrogen (secondary N) is 3. The number of amides is 3. The van der Waals surface area contributed by atoms with E-state index in [0.717, 1.165) is 175 Å². The van der Waals surface area contributed by atoms with Gasteiger partial charge in [0.25, 0.3) is 17.7 Å². The monoisotopic (exact) mass is 1320 g/mol. The van der Waals surface area contributed by atoms with E-state index in [9.17, 15) is 28.8 Å². The third kappa shape index (κ3) is 18.3. The molecule has 12 rings (SSSR count). The first-order valence-corrected chi connectivity index (χ1v) is 38.8. The Kier molecular flexibility index (Phi) is 24.0. The van der Waals surface area contributed by atoms with Crippen LogP contribution in [0.4, 0.5) is 17.5 Å². The van der Waals surface area contributed by atoms with Crippen LogP contribution in [-0.4, -0.2) is 130 Å². The molecule has 3 saturated heterocycles. The standard InChI is InChI=1S/C72H101N9O8S3/c82-63(44-49-39-42-81(46-49)62-38-35-59(68(86)75-53-25-9-3-10-26-53)71(78-62)92-56-31-15-16-32-56)88-65(50-20-18-41-80(47-50)61-37-34-58(67(85)74-52-23-7-2-8-24-52)70(77-61)91-55-29-13-14-30-55)72(87)89-64(83)43-48-19-17-40-79(45-48)60-36-33-57(66(84)73-51-21-5-1-6-22-51)69(76-60)90-54-27-11-4-12-28-54/h33-38,48-56,65H,1-32,39-47H2,(H,73,84)(H,74,85)(H,75,86)/t48-,49+,50+,65?/m1/s1. The van der Waals surface area contributed by atoms with Gasteiger partial charge in [-0.3, -0.25) is 24.0 Å². The van der Waals surface area contributed by atoms with Crippen LogP contribution in [0.3, 0.4) is 0 Å². The van der Waals surface area contributed by atoms with Gasteiger partial charge in [-0.25, -0.2) is 19.7 Å². The third-order valence-corrected chi connectivity index (χ3v) is 25.4. The number of carbonyl (C=O) groups is 6. The first-order valence-electron chi connectivity index (χ1n) is 36.1. The van der Waals surface area contributed by atoms with Crippen molar-refractivity contribution >= 4 is 88.4 Å². The van der Waals surface area contributed by atoms with Crippen molar-refractivity contribution < 1.29 is 38.2 Å². The van der Waals surface area contributed by atoms with Crippen molar-refractivity contribution in [2.24, 2.45) is 17.8 Å². The quantitative estimate of drug-likeness (QED) is 0.0632. The lowest BCUT2D eigenvalue weighted by atomic mass is 9.92. The van der Waals surface area contributed by atoms with Gasteiger partial charge in [0.2, 0.25) is 6.10 Å². The second kappa shape index (κ2) is 33.1. The summed E-state index contributed by atoms with van der Waals surface area (Å²) >= 11 is 5.17. The van der Waals surface area contributed by atoms with Crippen LogP contribution in [0.2, 0.25) is 0 Å². The summed E-state index contributed by atoms with van der Waals surface area (Å²) in [6.07, 6.45) is 33.6. The zero-order valence-electron chi connectivity index (χ0n) is 54.4. The van der Waals surface area contributed by atoms with Crippen molar-refractivity contribution in [1.82, 2.24) is 30.9 Å². The first kappa shape index (κ1) is 66.9. The minimum Gasteiger partial charge on any atom is -0.450 e. The number of hydrogen-bond acceptors (Lipinski definition) is 17. The molecule has 3 aliphatic heterocycles. The number of piperidine rings is 2. The minimum atomic E-state index is -1.34. The Hall–Kier alpha value is -5.08. The fourth-order valence-corrected chi connectivity index (χ4v) is 20.1. The molecule has 9 aliphatic rings. The van der Waals surface area contributed by atoms with E-state index in [0.29, 0.717) is 90.2 Å². The van der Waals surface area contributed by atoms with Crippen LogP contribution in [-0.2, 0) is 23.9 Å². The Balaban J connectivity index is 0.735. The largest absolute Gasteiger partial charge is 0.450 e. The van der Waals surface area contributed by atoms with Crippen molar-refractivity contribution in [3.05, 3.63) is 53.1 Å². The summed E-state index contributed by atoms with van der Waals surface area (Å²) in [5.74, 6) is -0.628. The van der Waals surface area contributed by atoms with Crippen molar-refractivity contribution in [2.45, 2.75) is 280 Å². The highest BCUT2D eigenvalue weighted by Gasteiger charge is 2.40. The first-order chi connectivity index (χ1) is 45.0. The average Bonchev–Trinajstić information content (AvgIpc) is 2.48. The van der Waals surface area contributed by atoms with Crippen LogP contribution in [0.1, 0.15) is 256 Å². The molecule has 4 atom stereocenters. The molecule has 9 fully saturated rings. The second-order valence-corrected chi connectivity index (χ2v) is 32.3. The summed E-state index contributed by atoms with van der Waals surface area (Å²) < 4.78 is 12.2. The molecule has 6 heterocycles. The van der Waals surface area contributed by atoms with E-state index >= 15 is 0 Å². The molecule has 3 N–H and O–H groups in total. The molecule has 92 heavy (non-hydrogen) atoms. The van der Waals surface area contributed by atoms with E-state index in [-0.39, 0.29) is 60.5 Å². The topological polar surface area (TPSA) is 205 Å². The lowest BCUT2D eigenvalue weighted by Crippen LogP contribution is -2.46. The molecule has 6 saturated carbocycles. The summed E-state index contributed by atoms with van der Waals surface area (Å²) in [7, 11) is 0. The molecule has 0 radical (unpaired) electrons. The number of pyridine rings is 3.